The van der Waals surface area contributed by atoms with Crippen molar-refractivity contribution in [2.24, 2.45) is 0 Å². The molecule has 1 aromatic carbocycles. The van der Waals surface area contributed by atoms with Crippen LogP contribution in [0.3, 0.4) is 0 Å². The van der Waals surface area contributed by atoms with Crippen LogP contribution in [0.25, 0.3) is 0 Å². The molecule has 0 bridgehead atoms. The van der Waals surface area contributed by atoms with Crippen LogP contribution in [0.2, 0.25) is 0 Å². The van der Waals surface area contributed by atoms with Gasteiger partial charge < -0.3 is 15.0 Å². The lowest BCUT2D eigenvalue weighted by atomic mass is 10.0. The lowest BCUT2D eigenvalue weighted by Crippen LogP contribution is -2.35. The maximum atomic E-state index is 11.9. The second-order valence-corrected chi connectivity index (χ2v) is 7.29. The lowest BCUT2D eigenvalue weighted by Gasteiger charge is -2.25. The van der Waals surface area contributed by atoms with Gasteiger partial charge in [0.15, 0.2) is 0 Å². The Bertz CT molecular complexity index is 521. The van der Waals surface area contributed by atoms with Gasteiger partial charge in [-0.1, -0.05) is 23.8 Å². The Morgan fingerprint density at radius 2 is 1.96 bits per heavy atom. The number of nitrogens with zero attached hydrogens (tertiary/aromatic N) is 1. The molecule has 1 N–H and O–H groups in total. The molecule has 1 rings (SSSR count). The van der Waals surface area contributed by atoms with E-state index in [4.69, 9.17) is 4.74 Å². The van der Waals surface area contributed by atoms with Gasteiger partial charge in [0.05, 0.1) is 0 Å². The summed E-state index contributed by atoms with van der Waals surface area (Å²) < 4.78 is 5.34. The molecular weight excluding hydrogens is 288 g/mol. The quantitative estimate of drug-likeness (QED) is 0.798. The zero-order valence-electron chi connectivity index (χ0n) is 15.7. The normalized spacial score (nSPS) is 12.8. The number of carbonyl (C=O) groups excluding carboxylic acids is 1. The van der Waals surface area contributed by atoms with Crippen molar-refractivity contribution >= 4 is 6.09 Å². The highest BCUT2D eigenvalue weighted by Gasteiger charge is 2.19. The molecule has 4 nitrogen and oxygen atoms in total. The Labute approximate surface area is 141 Å². The van der Waals surface area contributed by atoms with Gasteiger partial charge in [0.2, 0.25) is 0 Å². The number of benzene rings is 1. The van der Waals surface area contributed by atoms with E-state index in [1.54, 1.807) is 11.9 Å². The minimum absolute atomic E-state index is 0.264. The van der Waals surface area contributed by atoms with Crippen LogP contribution in [0.4, 0.5) is 4.79 Å². The fourth-order valence-corrected chi connectivity index (χ4v) is 2.49. The zero-order chi connectivity index (χ0) is 17.6. The van der Waals surface area contributed by atoms with E-state index in [-0.39, 0.29) is 6.09 Å². The summed E-state index contributed by atoms with van der Waals surface area (Å²) in [7, 11) is 1.78. The molecule has 23 heavy (non-hydrogen) atoms. The van der Waals surface area contributed by atoms with Gasteiger partial charge in [-0.15, -0.1) is 0 Å². The summed E-state index contributed by atoms with van der Waals surface area (Å²) >= 11 is 0. The molecule has 0 aliphatic carbocycles. The summed E-state index contributed by atoms with van der Waals surface area (Å²) in [6, 6.07) is 6.86. The van der Waals surface area contributed by atoms with Crippen molar-refractivity contribution in [3.05, 3.63) is 34.9 Å². The van der Waals surface area contributed by atoms with Crippen LogP contribution in [0.1, 0.15) is 56.8 Å². The van der Waals surface area contributed by atoms with Gasteiger partial charge in [0.25, 0.3) is 0 Å². The Morgan fingerprint density at radius 3 is 2.52 bits per heavy atom. The fourth-order valence-electron chi connectivity index (χ4n) is 2.49. The molecule has 0 saturated heterocycles. The van der Waals surface area contributed by atoms with Crippen molar-refractivity contribution < 1.29 is 9.53 Å². The van der Waals surface area contributed by atoms with Crippen molar-refractivity contribution in [3.63, 3.8) is 0 Å². The third-order valence-corrected chi connectivity index (χ3v) is 3.72. The first-order valence-electron chi connectivity index (χ1n) is 8.35. The Hall–Kier alpha value is -1.55. The maximum Gasteiger partial charge on any atom is 0.410 e. The third kappa shape index (κ3) is 7.04. The van der Waals surface area contributed by atoms with Crippen LogP contribution < -0.4 is 5.32 Å². The molecule has 4 heteroatoms. The Morgan fingerprint density at radius 1 is 1.30 bits per heavy atom. The number of ether oxygens (including phenoxy) is 1. The monoisotopic (exact) mass is 320 g/mol. The molecule has 1 amide bonds. The van der Waals surface area contributed by atoms with Crippen LogP contribution in [0.5, 0.6) is 0 Å². The molecule has 1 atom stereocenters. The molecule has 1 aromatic rings. The van der Waals surface area contributed by atoms with E-state index < -0.39 is 5.60 Å². The van der Waals surface area contributed by atoms with Crippen LogP contribution >= 0.6 is 0 Å². The average molecular weight is 320 g/mol. The van der Waals surface area contributed by atoms with Crippen molar-refractivity contribution in [3.8, 4) is 0 Å². The van der Waals surface area contributed by atoms with Gasteiger partial charge >= 0.3 is 6.09 Å². The van der Waals surface area contributed by atoms with E-state index in [1.807, 2.05) is 20.8 Å². The number of rotatable bonds is 6. The second-order valence-electron chi connectivity index (χ2n) is 7.29. The number of hydrogen-bond donors (Lipinski definition) is 1. The van der Waals surface area contributed by atoms with E-state index >= 15 is 0 Å². The van der Waals surface area contributed by atoms with Crippen LogP contribution in [0.15, 0.2) is 18.2 Å². The molecule has 0 aliphatic heterocycles. The molecule has 130 valence electrons. The predicted molar refractivity (Wildman–Crippen MR) is 95.8 cm³/mol. The highest BCUT2D eigenvalue weighted by Crippen LogP contribution is 2.18. The predicted octanol–water partition coefficient (Wildman–Crippen LogP) is 4.21. The largest absolute Gasteiger partial charge is 0.444 e. The molecule has 0 radical (unpaired) electrons. The van der Waals surface area contributed by atoms with Crippen molar-refractivity contribution in [2.75, 3.05) is 20.1 Å². The number of amides is 1. The molecule has 0 aliphatic rings. The van der Waals surface area contributed by atoms with Gasteiger partial charge in [-0.2, -0.15) is 0 Å². The second kappa shape index (κ2) is 8.34. The Balaban J connectivity index is 2.35. The summed E-state index contributed by atoms with van der Waals surface area (Å²) in [5, 5.41) is 3.52. The molecule has 0 spiro atoms. The first-order chi connectivity index (χ1) is 10.6. The SMILES string of the molecule is Cc1ccc(C(C)NCCCN(C)C(=O)OC(C)(C)C)c(C)c1. The number of hydrogen-bond acceptors (Lipinski definition) is 3. The highest BCUT2D eigenvalue weighted by molar-refractivity contribution is 5.67. The molecular formula is C19H32N2O2. The van der Waals surface area contributed by atoms with Crippen LogP contribution in [-0.4, -0.2) is 36.7 Å². The van der Waals surface area contributed by atoms with Crippen molar-refractivity contribution in [2.45, 2.75) is 59.6 Å². The van der Waals surface area contributed by atoms with Crippen LogP contribution in [-0.2, 0) is 4.74 Å². The summed E-state index contributed by atoms with van der Waals surface area (Å²) in [5.41, 5.74) is 3.49. The van der Waals surface area contributed by atoms with Crippen molar-refractivity contribution in [1.82, 2.24) is 10.2 Å². The number of nitrogens with one attached hydrogen (secondary N) is 1. The highest BCUT2D eigenvalue weighted by atomic mass is 16.6. The standard InChI is InChI=1S/C19H32N2O2/c1-14-9-10-17(15(2)13-14)16(3)20-11-8-12-21(7)18(22)23-19(4,5)6/h9-10,13,16,20H,8,11-12H2,1-7H3. The van der Waals surface area contributed by atoms with Gasteiger partial charge in [-0.25, -0.2) is 4.79 Å². The Kier molecular flexibility index (Phi) is 7.07. The van der Waals surface area contributed by atoms with E-state index in [0.717, 1.165) is 13.0 Å². The topological polar surface area (TPSA) is 41.6 Å². The molecule has 0 saturated carbocycles. The zero-order valence-corrected chi connectivity index (χ0v) is 15.7. The smallest absolute Gasteiger partial charge is 0.410 e. The van der Waals surface area contributed by atoms with E-state index in [9.17, 15) is 4.79 Å². The lowest BCUT2D eigenvalue weighted by molar-refractivity contribution is 0.0297. The summed E-state index contributed by atoms with van der Waals surface area (Å²) in [4.78, 5) is 13.5. The van der Waals surface area contributed by atoms with Crippen molar-refractivity contribution in [1.29, 1.82) is 0 Å². The van der Waals surface area contributed by atoms with Gasteiger partial charge in [-0.05, 0) is 65.6 Å². The first-order valence-corrected chi connectivity index (χ1v) is 8.35. The van der Waals surface area contributed by atoms with E-state index in [1.165, 1.54) is 16.7 Å². The summed E-state index contributed by atoms with van der Waals surface area (Å²) in [6.07, 6.45) is 0.630. The number of aryl methyl sites for hydroxylation is 2. The minimum Gasteiger partial charge on any atom is -0.444 e. The van der Waals surface area contributed by atoms with E-state index in [2.05, 4.69) is 44.3 Å². The fraction of sp³-hybridized carbons (Fsp3) is 0.632. The summed E-state index contributed by atoms with van der Waals surface area (Å²) in [5.74, 6) is 0. The van der Waals surface area contributed by atoms with Gasteiger partial charge in [0, 0.05) is 19.6 Å². The van der Waals surface area contributed by atoms with Crippen LogP contribution in [0, 0.1) is 13.8 Å². The molecule has 0 aromatic heterocycles. The maximum absolute atomic E-state index is 11.9. The average Bonchev–Trinajstić information content (AvgIpc) is 2.41. The molecule has 1 unspecified atom stereocenters. The van der Waals surface area contributed by atoms with E-state index in [0.29, 0.717) is 12.6 Å². The summed E-state index contributed by atoms with van der Waals surface area (Å²) in [6.45, 7) is 13.6. The molecule has 0 heterocycles. The first kappa shape index (κ1) is 19.5. The number of carbonyl (C=O) groups is 1. The molecule has 0 fully saturated rings. The van der Waals surface area contributed by atoms with Gasteiger partial charge in [0.1, 0.15) is 5.60 Å². The minimum atomic E-state index is -0.443. The third-order valence-electron chi connectivity index (χ3n) is 3.72. The van der Waals surface area contributed by atoms with Gasteiger partial charge in [-0.3, -0.25) is 0 Å².